The van der Waals surface area contributed by atoms with Crippen molar-refractivity contribution < 1.29 is 18.8 Å². The summed E-state index contributed by atoms with van der Waals surface area (Å²) in [6.07, 6.45) is 2.38. The fourth-order valence-corrected chi connectivity index (χ4v) is 4.76. The normalized spacial score (nSPS) is 17.8. The fraction of sp³-hybridized carbons (Fsp3) is 0.400. The Kier molecular flexibility index (Phi) is 7.87. The van der Waals surface area contributed by atoms with E-state index >= 15 is 0 Å². The average molecular weight is 474 g/mol. The zero-order chi connectivity index (χ0) is 22.7. The van der Waals surface area contributed by atoms with Crippen LogP contribution in [0.25, 0.3) is 0 Å². The number of nitrogens with zero attached hydrogens (tertiary/aromatic N) is 3. The standard InChI is InChI=1S/C25H28FN3O3.ClH/c1-19(30)28-18-29(22-6-3-2-4-7-22)25(24(28)32)13-16-27(17-14-25)15-5-8-23(31)20-9-11-21(26)12-10-20;/h2-4,6-7,9-12H,5,8,13-18H2,1H3;1H. The van der Waals surface area contributed by atoms with E-state index in [0.717, 1.165) is 25.3 Å². The zero-order valence-electron chi connectivity index (χ0n) is 18.7. The number of anilines is 1. The first-order valence-corrected chi connectivity index (χ1v) is 11.1. The molecule has 2 aromatic carbocycles. The maximum atomic E-state index is 13.3. The van der Waals surface area contributed by atoms with Gasteiger partial charge in [-0.15, -0.1) is 12.4 Å². The van der Waals surface area contributed by atoms with Gasteiger partial charge in [-0.1, -0.05) is 18.2 Å². The molecule has 0 aromatic heterocycles. The fourth-order valence-electron chi connectivity index (χ4n) is 4.76. The second-order valence-corrected chi connectivity index (χ2v) is 8.56. The lowest BCUT2D eigenvalue weighted by Gasteiger charge is -2.43. The van der Waals surface area contributed by atoms with Crippen molar-refractivity contribution in [2.75, 3.05) is 31.2 Å². The van der Waals surface area contributed by atoms with Crippen LogP contribution in [0.15, 0.2) is 54.6 Å². The van der Waals surface area contributed by atoms with Crippen molar-refractivity contribution in [2.24, 2.45) is 0 Å². The molecule has 6 nitrogen and oxygen atoms in total. The smallest absolute Gasteiger partial charge is 0.256 e. The molecule has 4 rings (SSSR count). The zero-order valence-corrected chi connectivity index (χ0v) is 19.5. The Labute approximate surface area is 199 Å². The molecule has 0 saturated carbocycles. The summed E-state index contributed by atoms with van der Waals surface area (Å²) in [6, 6.07) is 15.4. The van der Waals surface area contributed by atoms with E-state index in [1.807, 2.05) is 30.3 Å². The lowest BCUT2D eigenvalue weighted by molar-refractivity contribution is -0.143. The van der Waals surface area contributed by atoms with E-state index in [0.29, 0.717) is 31.2 Å². The summed E-state index contributed by atoms with van der Waals surface area (Å²) in [7, 11) is 0. The summed E-state index contributed by atoms with van der Waals surface area (Å²) >= 11 is 0. The van der Waals surface area contributed by atoms with Gasteiger partial charge in [-0.05, 0) is 62.2 Å². The number of hydrogen-bond donors (Lipinski definition) is 0. The second kappa shape index (κ2) is 10.4. The van der Waals surface area contributed by atoms with Gasteiger partial charge in [-0.3, -0.25) is 19.3 Å². The van der Waals surface area contributed by atoms with Gasteiger partial charge in [-0.2, -0.15) is 0 Å². The highest BCUT2D eigenvalue weighted by atomic mass is 35.5. The minimum Gasteiger partial charge on any atom is -0.338 e. The summed E-state index contributed by atoms with van der Waals surface area (Å²) in [5.74, 6) is -0.676. The molecular weight excluding hydrogens is 445 g/mol. The van der Waals surface area contributed by atoms with Crippen LogP contribution in [0, 0.1) is 5.82 Å². The third kappa shape index (κ3) is 5.09. The Bertz CT molecular complexity index is 992. The number of rotatable bonds is 6. The van der Waals surface area contributed by atoms with Gasteiger partial charge in [-0.25, -0.2) is 4.39 Å². The van der Waals surface area contributed by atoms with Crippen LogP contribution >= 0.6 is 12.4 Å². The van der Waals surface area contributed by atoms with E-state index < -0.39 is 5.54 Å². The Morgan fingerprint density at radius 2 is 1.64 bits per heavy atom. The number of amides is 2. The summed E-state index contributed by atoms with van der Waals surface area (Å²) in [4.78, 5) is 43.4. The van der Waals surface area contributed by atoms with Crippen LogP contribution in [0.1, 0.15) is 43.0 Å². The number of ketones is 1. The molecule has 1 spiro atoms. The molecule has 8 heteroatoms. The Morgan fingerprint density at radius 1 is 1.00 bits per heavy atom. The molecular formula is C25H29ClFN3O3. The Morgan fingerprint density at radius 3 is 2.24 bits per heavy atom. The van der Waals surface area contributed by atoms with Gasteiger partial charge < -0.3 is 9.80 Å². The highest BCUT2D eigenvalue weighted by Gasteiger charge is 2.54. The maximum absolute atomic E-state index is 13.3. The van der Waals surface area contributed by atoms with Gasteiger partial charge in [0.05, 0.1) is 0 Å². The first kappa shape index (κ1) is 24.9. The lowest BCUT2D eigenvalue weighted by atomic mass is 9.85. The van der Waals surface area contributed by atoms with E-state index in [2.05, 4.69) is 9.80 Å². The molecule has 0 aliphatic carbocycles. The van der Waals surface area contributed by atoms with Crippen molar-refractivity contribution in [2.45, 2.75) is 38.1 Å². The summed E-state index contributed by atoms with van der Waals surface area (Å²) < 4.78 is 13.0. The number of imide groups is 1. The van der Waals surface area contributed by atoms with Gasteiger partial charge in [0.15, 0.2) is 5.78 Å². The quantitative estimate of drug-likeness (QED) is 0.595. The van der Waals surface area contributed by atoms with Crippen LogP contribution in [0.5, 0.6) is 0 Å². The number of likely N-dealkylation sites (tertiary alicyclic amines) is 1. The minimum absolute atomic E-state index is 0. The molecule has 0 bridgehead atoms. The maximum Gasteiger partial charge on any atom is 0.256 e. The molecule has 2 amide bonds. The van der Waals surface area contributed by atoms with Gasteiger partial charge >= 0.3 is 0 Å². The van der Waals surface area contributed by atoms with Crippen LogP contribution in [-0.4, -0.2) is 59.2 Å². The Hall–Kier alpha value is -2.77. The number of carbonyl (C=O) groups is 3. The van der Waals surface area contributed by atoms with Gasteiger partial charge in [0.25, 0.3) is 5.91 Å². The average Bonchev–Trinajstić information content (AvgIpc) is 3.08. The predicted molar refractivity (Wildman–Crippen MR) is 127 cm³/mol. The third-order valence-corrected chi connectivity index (χ3v) is 6.62. The number of piperidine rings is 1. The molecule has 2 aliphatic heterocycles. The predicted octanol–water partition coefficient (Wildman–Crippen LogP) is 3.90. The van der Waals surface area contributed by atoms with Crippen molar-refractivity contribution in [3.63, 3.8) is 0 Å². The summed E-state index contributed by atoms with van der Waals surface area (Å²) in [5.41, 5.74) is 0.777. The van der Waals surface area contributed by atoms with Gasteiger partial charge in [0, 0.05) is 37.7 Å². The number of carbonyl (C=O) groups excluding carboxylic acids is 3. The molecule has 0 atom stereocenters. The molecule has 2 aromatic rings. The molecule has 33 heavy (non-hydrogen) atoms. The summed E-state index contributed by atoms with van der Waals surface area (Å²) in [6.45, 7) is 3.94. The van der Waals surface area contributed by atoms with E-state index in [1.54, 1.807) is 0 Å². The minimum atomic E-state index is -0.701. The molecule has 0 unspecified atom stereocenters. The van der Waals surface area contributed by atoms with Crippen LogP contribution in [0.2, 0.25) is 0 Å². The van der Waals surface area contributed by atoms with Crippen LogP contribution in [0.3, 0.4) is 0 Å². The highest BCUT2D eigenvalue weighted by Crippen LogP contribution is 2.39. The van der Waals surface area contributed by atoms with E-state index in [-0.39, 0.29) is 42.5 Å². The van der Waals surface area contributed by atoms with E-state index in [1.165, 1.54) is 36.1 Å². The van der Waals surface area contributed by atoms with E-state index in [4.69, 9.17) is 0 Å². The van der Waals surface area contributed by atoms with Crippen molar-refractivity contribution in [1.29, 1.82) is 0 Å². The van der Waals surface area contributed by atoms with Crippen molar-refractivity contribution in [3.05, 3.63) is 66.0 Å². The topological polar surface area (TPSA) is 60.9 Å². The molecule has 2 aliphatic rings. The van der Waals surface area contributed by atoms with Gasteiger partial charge in [0.1, 0.15) is 18.0 Å². The third-order valence-electron chi connectivity index (χ3n) is 6.62. The van der Waals surface area contributed by atoms with Gasteiger partial charge in [0.2, 0.25) is 5.91 Å². The second-order valence-electron chi connectivity index (χ2n) is 8.56. The van der Waals surface area contributed by atoms with Crippen molar-refractivity contribution >= 4 is 35.7 Å². The Balaban J connectivity index is 0.00000306. The van der Waals surface area contributed by atoms with Crippen LogP contribution < -0.4 is 4.90 Å². The number of para-hydroxylation sites is 1. The SMILES string of the molecule is CC(=O)N1CN(c2ccccc2)C2(CCN(CCCC(=O)c3ccc(F)cc3)CC2)C1=O.Cl. The number of halogens is 2. The molecule has 0 N–H and O–H groups in total. The molecule has 0 radical (unpaired) electrons. The molecule has 176 valence electrons. The van der Waals surface area contributed by atoms with Crippen molar-refractivity contribution in [3.8, 4) is 0 Å². The number of hydrogen-bond acceptors (Lipinski definition) is 5. The van der Waals surface area contributed by atoms with Crippen LogP contribution in [0.4, 0.5) is 10.1 Å². The monoisotopic (exact) mass is 473 g/mol. The van der Waals surface area contributed by atoms with Crippen LogP contribution in [-0.2, 0) is 9.59 Å². The van der Waals surface area contributed by atoms with Crippen molar-refractivity contribution in [1.82, 2.24) is 9.80 Å². The highest BCUT2D eigenvalue weighted by molar-refractivity contribution is 6.04. The molecule has 2 saturated heterocycles. The number of Topliss-reactive ketones (excluding diaryl/α,β-unsaturated/α-hetero) is 1. The van der Waals surface area contributed by atoms with E-state index in [9.17, 15) is 18.8 Å². The molecule has 2 heterocycles. The molecule has 2 fully saturated rings. The summed E-state index contributed by atoms with van der Waals surface area (Å²) in [5, 5.41) is 0. The largest absolute Gasteiger partial charge is 0.338 e. The lowest BCUT2D eigenvalue weighted by Crippen LogP contribution is -2.56. The first-order valence-electron chi connectivity index (χ1n) is 11.1. The first-order chi connectivity index (χ1) is 15.4. The number of benzene rings is 2.